The average Bonchev–Trinajstić information content (AvgIpc) is 2.65. The molecule has 1 saturated heterocycles. The van der Waals surface area contributed by atoms with Crippen LogP contribution in [0.2, 0.25) is 0 Å². The number of aliphatic hydroxyl groups is 2. The first-order valence-electron chi connectivity index (χ1n) is 5.11. The van der Waals surface area contributed by atoms with Crippen LogP contribution < -0.4 is 11.2 Å². The van der Waals surface area contributed by atoms with Crippen LogP contribution in [0.25, 0.3) is 0 Å². The summed E-state index contributed by atoms with van der Waals surface area (Å²) in [5.74, 6) is 0. The molecule has 2 rings (SSSR count). The molecular formula is C9H11FN2O6. The van der Waals surface area contributed by atoms with E-state index in [1.54, 1.807) is 0 Å². The van der Waals surface area contributed by atoms with Crippen molar-refractivity contribution in [3.63, 3.8) is 0 Å². The van der Waals surface area contributed by atoms with Crippen molar-refractivity contribution in [2.45, 2.75) is 24.5 Å². The SMILES string of the molecule is O=c1ccn([C@@H]2O[C@H](CO)C(O)C2OF)c(=O)[nH]1. The van der Waals surface area contributed by atoms with Gasteiger partial charge in [-0.15, -0.1) is 0 Å². The molecule has 2 unspecified atom stereocenters. The Hall–Kier alpha value is -1.55. The van der Waals surface area contributed by atoms with Crippen molar-refractivity contribution in [1.82, 2.24) is 9.55 Å². The summed E-state index contributed by atoms with van der Waals surface area (Å²) in [6.07, 6.45) is -4.15. The third kappa shape index (κ3) is 2.08. The molecule has 1 fully saturated rings. The van der Waals surface area contributed by atoms with Crippen LogP contribution in [0, 0.1) is 0 Å². The summed E-state index contributed by atoms with van der Waals surface area (Å²) < 4.78 is 18.4. The first-order valence-corrected chi connectivity index (χ1v) is 5.11. The fourth-order valence-corrected chi connectivity index (χ4v) is 1.82. The highest BCUT2D eigenvalue weighted by molar-refractivity contribution is 4.93. The van der Waals surface area contributed by atoms with Crippen molar-refractivity contribution in [3.8, 4) is 0 Å². The highest BCUT2D eigenvalue weighted by Gasteiger charge is 2.46. The van der Waals surface area contributed by atoms with E-state index in [0.29, 0.717) is 0 Å². The number of H-pyrrole nitrogens is 1. The summed E-state index contributed by atoms with van der Waals surface area (Å²) in [5, 5.41) is 18.5. The smallest absolute Gasteiger partial charge is 0.330 e. The molecule has 100 valence electrons. The molecule has 18 heavy (non-hydrogen) atoms. The van der Waals surface area contributed by atoms with Gasteiger partial charge in [0.1, 0.15) is 12.2 Å². The second-order valence-corrected chi connectivity index (χ2v) is 3.81. The van der Waals surface area contributed by atoms with Crippen molar-refractivity contribution in [2.75, 3.05) is 6.61 Å². The highest BCUT2D eigenvalue weighted by atomic mass is 19.3. The summed E-state index contributed by atoms with van der Waals surface area (Å²) >= 11 is 0. The fourth-order valence-electron chi connectivity index (χ4n) is 1.82. The number of aliphatic hydroxyl groups excluding tert-OH is 2. The van der Waals surface area contributed by atoms with E-state index in [2.05, 4.69) is 4.94 Å². The van der Waals surface area contributed by atoms with Gasteiger partial charge < -0.3 is 14.9 Å². The Morgan fingerprint density at radius 2 is 2.28 bits per heavy atom. The molecule has 1 aromatic heterocycles. The molecule has 1 aromatic rings. The van der Waals surface area contributed by atoms with E-state index in [1.165, 1.54) is 0 Å². The van der Waals surface area contributed by atoms with Gasteiger partial charge in [-0.3, -0.25) is 14.3 Å². The van der Waals surface area contributed by atoms with Crippen LogP contribution in [-0.4, -0.2) is 44.7 Å². The molecule has 4 atom stereocenters. The lowest BCUT2D eigenvalue weighted by molar-refractivity contribution is -0.221. The van der Waals surface area contributed by atoms with Crippen LogP contribution in [0.1, 0.15) is 6.23 Å². The van der Waals surface area contributed by atoms with Gasteiger partial charge in [0.05, 0.1) is 6.61 Å². The molecular weight excluding hydrogens is 251 g/mol. The zero-order chi connectivity index (χ0) is 13.3. The zero-order valence-corrected chi connectivity index (χ0v) is 9.02. The molecule has 0 saturated carbocycles. The van der Waals surface area contributed by atoms with Gasteiger partial charge >= 0.3 is 5.69 Å². The third-order valence-corrected chi connectivity index (χ3v) is 2.72. The van der Waals surface area contributed by atoms with Crippen LogP contribution in [0.5, 0.6) is 0 Å². The predicted octanol–water partition coefficient (Wildman–Crippen LogP) is -1.94. The Morgan fingerprint density at radius 1 is 1.56 bits per heavy atom. The van der Waals surface area contributed by atoms with Crippen LogP contribution in [-0.2, 0) is 9.68 Å². The van der Waals surface area contributed by atoms with Gasteiger partial charge in [0, 0.05) is 12.3 Å². The normalized spacial score (nSPS) is 31.7. The van der Waals surface area contributed by atoms with Crippen molar-refractivity contribution in [2.24, 2.45) is 0 Å². The first-order chi connectivity index (χ1) is 8.58. The summed E-state index contributed by atoms with van der Waals surface area (Å²) in [5.41, 5.74) is -1.45. The third-order valence-electron chi connectivity index (χ3n) is 2.72. The van der Waals surface area contributed by atoms with E-state index < -0.39 is 42.4 Å². The molecule has 1 aliphatic heterocycles. The Kier molecular flexibility index (Phi) is 3.57. The molecule has 0 spiro atoms. The topological polar surface area (TPSA) is 114 Å². The molecule has 2 heterocycles. The molecule has 8 nitrogen and oxygen atoms in total. The highest BCUT2D eigenvalue weighted by Crippen LogP contribution is 2.30. The van der Waals surface area contributed by atoms with Crippen LogP contribution in [0.4, 0.5) is 4.53 Å². The molecule has 0 aliphatic carbocycles. The Bertz CT molecular complexity index is 528. The maximum absolute atomic E-state index is 12.4. The van der Waals surface area contributed by atoms with E-state index in [-0.39, 0.29) is 0 Å². The molecule has 0 amide bonds. The number of rotatable bonds is 3. The number of halogens is 1. The number of hydrogen-bond acceptors (Lipinski definition) is 6. The lowest BCUT2D eigenvalue weighted by Crippen LogP contribution is -2.38. The molecule has 1 aliphatic rings. The minimum atomic E-state index is -1.47. The number of nitrogens with zero attached hydrogens (tertiary/aromatic N) is 1. The van der Waals surface area contributed by atoms with Crippen LogP contribution in [0.3, 0.4) is 0 Å². The average molecular weight is 262 g/mol. The molecule has 0 aromatic carbocycles. The predicted molar refractivity (Wildman–Crippen MR) is 54.3 cm³/mol. The number of aromatic nitrogens is 2. The molecule has 0 bridgehead atoms. The maximum Gasteiger partial charge on any atom is 0.330 e. The first kappa shape index (κ1) is 12.9. The standard InChI is InChI=1S/C9H11FN2O6/c10-18-7-6(15)4(3-13)17-8(7)12-2-1-5(14)11-9(12)16/h1-2,4,6-8,13,15H,3H2,(H,11,14,16)/t4-,6?,7?,8-/m1/s1. The summed E-state index contributed by atoms with van der Waals surface area (Å²) in [4.78, 5) is 27.9. The fraction of sp³-hybridized carbons (Fsp3) is 0.556. The molecule has 0 radical (unpaired) electrons. The lowest BCUT2D eigenvalue weighted by atomic mass is 10.1. The van der Waals surface area contributed by atoms with E-state index in [4.69, 9.17) is 9.84 Å². The van der Waals surface area contributed by atoms with Crippen molar-refractivity contribution in [3.05, 3.63) is 33.1 Å². The van der Waals surface area contributed by atoms with E-state index in [9.17, 15) is 19.2 Å². The molecule has 9 heteroatoms. The second-order valence-electron chi connectivity index (χ2n) is 3.81. The largest absolute Gasteiger partial charge is 0.394 e. The van der Waals surface area contributed by atoms with Gasteiger partial charge in [-0.1, -0.05) is 0 Å². The van der Waals surface area contributed by atoms with Crippen LogP contribution >= 0.6 is 0 Å². The van der Waals surface area contributed by atoms with Crippen molar-refractivity contribution >= 4 is 0 Å². The van der Waals surface area contributed by atoms with Gasteiger partial charge in [-0.25, -0.2) is 4.79 Å². The molecule has 3 N–H and O–H groups in total. The van der Waals surface area contributed by atoms with Crippen LogP contribution in [0.15, 0.2) is 21.9 Å². The van der Waals surface area contributed by atoms with E-state index in [1.807, 2.05) is 4.98 Å². The number of hydrogen-bond donors (Lipinski definition) is 3. The summed E-state index contributed by atoms with van der Waals surface area (Å²) in [6, 6.07) is 1.04. The Labute approximate surface area is 99.1 Å². The minimum absolute atomic E-state index is 0.560. The van der Waals surface area contributed by atoms with E-state index in [0.717, 1.165) is 16.8 Å². The number of aromatic amines is 1. The van der Waals surface area contributed by atoms with Gasteiger partial charge in [-0.05, 0) is 4.53 Å². The van der Waals surface area contributed by atoms with Crippen molar-refractivity contribution in [1.29, 1.82) is 0 Å². The van der Waals surface area contributed by atoms with Gasteiger partial charge in [-0.2, -0.15) is 4.94 Å². The second kappa shape index (κ2) is 4.98. The summed E-state index contributed by atoms with van der Waals surface area (Å²) in [6.45, 7) is -0.560. The Morgan fingerprint density at radius 3 is 2.83 bits per heavy atom. The van der Waals surface area contributed by atoms with Gasteiger partial charge in [0.2, 0.25) is 0 Å². The maximum atomic E-state index is 12.4. The Balaban J connectivity index is 2.38. The quantitative estimate of drug-likeness (QED) is 0.584. The zero-order valence-electron chi connectivity index (χ0n) is 9.02. The van der Waals surface area contributed by atoms with Gasteiger partial charge in [0.25, 0.3) is 5.56 Å². The number of nitrogens with one attached hydrogen (secondary N) is 1. The monoisotopic (exact) mass is 262 g/mol. The van der Waals surface area contributed by atoms with Crippen molar-refractivity contribution < 1.29 is 24.4 Å². The van der Waals surface area contributed by atoms with Gasteiger partial charge in [0.15, 0.2) is 12.3 Å². The number of ether oxygens (including phenoxy) is 1. The van der Waals surface area contributed by atoms with E-state index >= 15 is 0 Å². The lowest BCUT2D eigenvalue weighted by Gasteiger charge is -2.17. The summed E-state index contributed by atoms with van der Waals surface area (Å²) in [7, 11) is 0. The minimum Gasteiger partial charge on any atom is -0.394 e.